The van der Waals surface area contributed by atoms with Gasteiger partial charge in [-0.05, 0) is 46.9 Å². The Labute approximate surface area is 114 Å². The third-order valence-electron chi connectivity index (χ3n) is 3.70. The number of hydrogen-bond acceptors (Lipinski definition) is 0. The Balaban J connectivity index is 2.08. The Bertz CT molecular complexity index is 706. The quantitative estimate of drug-likeness (QED) is 0.569. The molecular weight excluding hydrogens is 228 g/mol. The van der Waals surface area contributed by atoms with E-state index in [2.05, 4.69) is 74.5 Å². The van der Waals surface area contributed by atoms with Crippen LogP contribution >= 0.6 is 0 Å². The van der Waals surface area contributed by atoms with Crippen LogP contribution in [0.5, 0.6) is 0 Å². The van der Waals surface area contributed by atoms with Crippen molar-refractivity contribution in [1.82, 2.24) is 0 Å². The highest BCUT2D eigenvalue weighted by Gasteiger charge is 2.00. The molecule has 19 heavy (non-hydrogen) atoms. The summed E-state index contributed by atoms with van der Waals surface area (Å²) < 4.78 is 0. The fourth-order valence-corrected chi connectivity index (χ4v) is 2.44. The van der Waals surface area contributed by atoms with Crippen LogP contribution in [0.1, 0.15) is 18.1 Å². The molecule has 0 aromatic heterocycles. The van der Waals surface area contributed by atoms with E-state index in [1.807, 2.05) is 0 Å². The Morgan fingerprint density at radius 1 is 0.684 bits per heavy atom. The summed E-state index contributed by atoms with van der Waals surface area (Å²) in [5.41, 5.74) is 5.27. The van der Waals surface area contributed by atoms with Crippen molar-refractivity contribution >= 4 is 10.8 Å². The van der Waals surface area contributed by atoms with Gasteiger partial charge < -0.3 is 0 Å². The largest absolute Gasteiger partial charge is 0.0613 e. The van der Waals surface area contributed by atoms with E-state index in [1.165, 1.54) is 33.0 Å². The highest BCUT2D eigenvalue weighted by atomic mass is 14.0. The predicted molar refractivity (Wildman–Crippen MR) is 83.5 cm³/mol. The fraction of sp³-hybridized carbons (Fsp3) is 0.158. The van der Waals surface area contributed by atoms with Crippen molar-refractivity contribution in [3.63, 3.8) is 0 Å². The molecule has 0 unspecified atom stereocenters. The molecule has 0 nitrogen and oxygen atoms in total. The topological polar surface area (TPSA) is 0 Å². The van der Waals surface area contributed by atoms with Crippen molar-refractivity contribution in [2.24, 2.45) is 0 Å². The zero-order chi connectivity index (χ0) is 13.2. The molecule has 3 aromatic rings. The van der Waals surface area contributed by atoms with Crippen LogP contribution in [0.2, 0.25) is 0 Å². The monoisotopic (exact) mass is 246 g/mol. The van der Waals surface area contributed by atoms with Crippen LogP contribution in [0.15, 0.2) is 60.7 Å². The molecule has 0 saturated heterocycles. The third kappa shape index (κ3) is 2.39. The molecule has 0 saturated carbocycles. The van der Waals surface area contributed by atoms with Gasteiger partial charge in [-0.15, -0.1) is 0 Å². The van der Waals surface area contributed by atoms with E-state index in [-0.39, 0.29) is 0 Å². The maximum Gasteiger partial charge on any atom is -0.0178 e. The lowest BCUT2D eigenvalue weighted by atomic mass is 9.99. The summed E-state index contributed by atoms with van der Waals surface area (Å²) in [7, 11) is 0. The van der Waals surface area contributed by atoms with Gasteiger partial charge in [0.1, 0.15) is 0 Å². The standard InChI is InChI=1S/C19H18/c1-3-15-6-9-19-13-18(11-10-17(19)12-15)16-7-4-14(2)5-8-16/h4-13H,3H2,1-2H3. The van der Waals surface area contributed by atoms with Crippen molar-refractivity contribution in [1.29, 1.82) is 0 Å². The van der Waals surface area contributed by atoms with Gasteiger partial charge in [-0.2, -0.15) is 0 Å². The molecule has 0 aliphatic heterocycles. The molecule has 0 bridgehead atoms. The second kappa shape index (κ2) is 4.89. The molecule has 0 radical (unpaired) electrons. The first kappa shape index (κ1) is 12.0. The first-order chi connectivity index (χ1) is 9.26. The summed E-state index contributed by atoms with van der Waals surface area (Å²) in [6.45, 7) is 4.32. The lowest BCUT2D eigenvalue weighted by molar-refractivity contribution is 1.15. The molecule has 0 heteroatoms. The molecule has 0 N–H and O–H groups in total. The van der Waals surface area contributed by atoms with Crippen LogP contribution in [-0.2, 0) is 6.42 Å². The van der Waals surface area contributed by atoms with Crippen LogP contribution in [0.3, 0.4) is 0 Å². The molecule has 3 rings (SSSR count). The van der Waals surface area contributed by atoms with Gasteiger partial charge in [0.25, 0.3) is 0 Å². The van der Waals surface area contributed by atoms with Crippen molar-refractivity contribution in [2.75, 3.05) is 0 Å². The van der Waals surface area contributed by atoms with E-state index in [9.17, 15) is 0 Å². The van der Waals surface area contributed by atoms with E-state index in [4.69, 9.17) is 0 Å². The highest BCUT2D eigenvalue weighted by Crippen LogP contribution is 2.25. The molecule has 3 aromatic carbocycles. The molecule has 0 aliphatic rings. The van der Waals surface area contributed by atoms with Gasteiger partial charge >= 0.3 is 0 Å². The van der Waals surface area contributed by atoms with Gasteiger partial charge in [0.15, 0.2) is 0 Å². The van der Waals surface area contributed by atoms with Crippen molar-refractivity contribution < 1.29 is 0 Å². The van der Waals surface area contributed by atoms with Gasteiger partial charge in [-0.25, -0.2) is 0 Å². The van der Waals surface area contributed by atoms with Crippen LogP contribution in [-0.4, -0.2) is 0 Å². The molecule has 0 heterocycles. The maximum atomic E-state index is 2.29. The van der Waals surface area contributed by atoms with Crippen LogP contribution in [0.4, 0.5) is 0 Å². The zero-order valence-corrected chi connectivity index (χ0v) is 11.5. The summed E-state index contributed by atoms with van der Waals surface area (Å²) in [6, 6.07) is 22.2. The summed E-state index contributed by atoms with van der Waals surface area (Å²) >= 11 is 0. The minimum Gasteiger partial charge on any atom is -0.0613 e. The Hall–Kier alpha value is -2.08. The van der Waals surface area contributed by atoms with Gasteiger partial charge in [0, 0.05) is 0 Å². The van der Waals surface area contributed by atoms with E-state index < -0.39 is 0 Å². The van der Waals surface area contributed by atoms with E-state index in [0.29, 0.717) is 0 Å². The lowest BCUT2D eigenvalue weighted by Crippen LogP contribution is -1.83. The van der Waals surface area contributed by atoms with Crippen LogP contribution in [0, 0.1) is 6.92 Å². The van der Waals surface area contributed by atoms with Crippen LogP contribution in [0.25, 0.3) is 21.9 Å². The van der Waals surface area contributed by atoms with Gasteiger partial charge in [0.2, 0.25) is 0 Å². The number of fused-ring (bicyclic) bond motifs is 1. The summed E-state index contributed by atoms with van der Waals surface area (Å²) in [4.78, 5) is 0. The predicted octanol–water partition coefficient (Wildman–Crippen LogP) is 5.38. The van der Waals surface area contributed by atoms with Gasteiger partial charge in [-0.1, -0.05) is 67.1 Å². The first-order valence-electron chi connectivity index (χ1n) is 6.86. The SMILES string of the molecule is CCc1ccc2cc(-c3ccc(C)cc3)ccc2c1. The number of hydrogen-bond donors (Lipinski definition) is 0. The summed E-state index contributed by atoms with van der Waals surface area (Å²) in [5.74, 6) is 0. The molecular formula is C19H18. The lowest BCUT2D eigenvalue weighted by Gasteiger charge is -2.06. The van der Waals surface area contributed by atoms with E-state index >= 15 is 0 Å². The summed E-state index contributed by atoms with van der Waals surface area (Å²) in [5, 5.41) is 2.64. The van der Waals surface area contributed by atoms with Crippen LogP contribution < -0.4 is 0 Å². The Morgan fingerprint density at radius 2 is 1.32 bits per heavy atom. The maximum absolute atomic E-state index is 2.29. The summed E-state index contributed by atoms with van der Waals surface area (Å²) in [6.07, 6.45) is 1.09. The second-order valence-electron chi connectivity index (χ2n) is 5.12. The molecule has 0 spiro atoms. The first-order valence-corrected chi connectivity index (χ1v) is 6.86. The van der Waals surface area contributed by atoms with Crippen molar-refractivity contribution in [2.45, 2.75) is 20.3 Å². The van der Waals surface area contributed by atoms with Crippen molar-refractivity contribution in [3.05, 3.63) is 71.8 Å². The molecule has 94 valence electrons. The van der Waals surface area contributed by atoms with Crippen molar-refractivity contribution in [3.8, 4) is 11.1 Å². The second-order valence-corrected chi connectivity index (χ2v) is 5.12. The highest BCUT2D eigenvalue weighted by molar-refractivity contribution is 5.87. The number of rotatable bonds is 2. The van der Waals surface area contributed by atoms with Gasteiger partial charge in [0.05, 0.1) is 0 Å². The molecule has 0 atom stereocenters. The minimum atomic E-state index is 1.09. The Kier molecular flexibility index (Phi) is 3.08. The number of benzene rings is 3. The average molecular weight is 246 g/mol. The van der Waals surface area contributed by atoms with E-state index in [1.54, 1.807) is 0 Å². The molecule has 0 amide bonds. The molecule has 0 aliphatic carbocycles. The smallest absolute Gasteiger partial charge is 0.0178 e. The molecule has 0 fully saturated rings. The van der Waals surface area contributed by atoms with Gasteiger partial charge in [-0.3, -0.25) is 0 Å². The third-order valence-corrected chi connectivity index (χ3v) is 3.70. The van der Waals surface area contributed by atoms with E-state index in [0.717, 1.165) is 6.42 Å². The normalized spacial score (nSPS) is 10.8. The average Bonchev–Trinajstić information content (AvgIpc) is 2.47. The fourth-order valence-electron chi connectivity index (χ4n) is 2.44. The Morgan fingerprint density at radius 3 is 2.05 bits per heavy atom. The number of aryl methyl sites for hydroxylation is 2. The minimum absolute atomic E-state index is 1.09. The zero-order valence-electron chi connectivity index (χ0n) is 11.5.